The maximum Gasteiger partial charge on any atom is 0.185 e. The van der Waals surface area contributed by atoms with Crippen LogP contribution in [0.3, 0.4) is 0 Å². The zero-order valence-corrected chi connectivity index (χ0v) is 11.6. The zero-order valence-electron chi connectivity index (χ0n) is 10.0. The highest BCUT2D eigenvalue weighted by atomic mass is 35.5. The van der Waals surface area contributed by atoms with E-state index in [1.54, 1.807) is 0 Å². The van der Waals surface area contributed by atoms with Crippen LogP contribution in [-0.2, 0) is 19.6 Å². The van der Waals surface area contributed by atoms with E-state index >= 15 is 0 Å². The predicted octanol–water partition coefficient (Wildman–Crippen LogP) is 2.88. The van der Waals surface area contributed by atoms with Crippen LogP contribution in [0.1, 0.15) is 21.6 Å². The molecule has 0 amide bonds. The van der Waals surface area contributed by atoms with E-state index in [-0.39, 0.29) is 5.15 Å². The second-order valence-electron chi connectivity index (χ2n) is 4.31. The third-order valence-corrected chi connectivity index (χ3v) is 4.34. The predicted molar refractivity (Wildman–Crippen MR) is 76.2 cm³/mol. The van der Waals surface area contributed by atoms with Crippen molar-refractivity contribution in [3.8, 4) is 6.07 Å². The van der Waals surface area contributed by atoms with E-state index in [4.69, 9.17) is 16.9 Å². The van der Waals surface area contributed by atoms with Crippen molar-refractivity contribution in [2.45, 2.75) is 19.6 Å². The molecule has 0 spiro atoms. The molecule has 2 aromatic rings. The monoisotopic (exact) mass is 290 g/mol. The minimum Gasteiger partial charge on any atom is -0.357 e. The second-order valence-corrected chi connectivity index (χ2v) is 5.67. The quantitative estimate of drug-likeness (QED) is 0.912. The molecule has 2 N–H and O–H groups in total. The molecular weight excluding hydrogens is 280 g/mol. The lowest BCUT2D eigenvalue weighted by atomic mass is 10.1. The number of fused-ring (bicyclic) bond motifs is 1. The average molecular weight is 291 g/mol. The summed E-state index contributed by atoms with van der Waals surface area (Å²) in [6, 6.07) is 8.49. The Balaban J connectivity index is 1.70. The van der Waals surface area contributed by atoms with Gasteiger partial charge in [0, 0.05) is 19.6 Å². The highest BCUT2D eigenvalue weighted by molar-refractivity contribution is 7.16. The van der Waals surface area contributed by atoms with Gasteiger partial charge in [-0.2, -0.15) is 5.26 Å². The number of nitriles is 1. The van der Waals surface area contributed by atoms with E-state index in [0.29, 0.717) is 16.6 Å². The Labute approximate surface area is 120 Å². The number of nitrogens with one attached hydrogen (secondary N) is 2. The van der Waals surface area contributed by atoms with Crippen molar-refractivity contribution >= 4 is 28.1 Å². The number of halogens is 1. The summed E-state index contributed by atoms with van der Waals surface area (Å²) in [5.41, 5.74) is 3.93. The Morgan fingerprint density at radius 1 is 1.42 bits per heavy atom. The summed E-state index contributed by atoms with van der Waals surface area (Å²) in [7, 11) is 0. The molecule has 4 nitrogen and oxygen atoms in total. The van der Waals surface area contributed by atoms with Crippen molar-refractivity contribution in [1.82, 2.24) is 10.3 Å². The van der Waals surface area contributed by atoms with Crippen LogP contribution in [0, 0.1) is 11.3 Å². The van der Waals surface area contributed by atoms with Crippen LogP contribution >= 0.6 is 22.9 Å². The first-order chi connectivity index (χ1) is 9.26. The molecule has 6 heteroatoms. The smallest absolute Gasteiger partial charge is 0.185 e. The molecule has 96 valence electrons. The Bertz CT molecular complexity index is 659. The van der Waals surface area contributed by atoms with E-state index in [2.05, 4.69) is 33.8 Å². The van der Waals surface area contributed by atoms with Gasteiger partial charge in [-0.1, -0.05) is 41.1 Å². The van der Waals surface area contributed by atoms with Crippen molar-refractivity contribution in [3.63, 3.8) is 0 Å². The molecule has 2 heterocycles. The fraction of sp³-hybridized carbons (Fsp3) is 0.231. The highest BCUT2D eigenvalue weighted by Gasteiger charge is 2.11. The fourth-order valence-electron chi connectivity index (χ4n) is 2.08. The van der Waals surface area contributed by atoms with E-state index in [1.165, 1.54) is 28.0 Å². The van der Waals surface area contributed by atoms with Gasteiger partial charge in [-0.15, -0.1) is 0 Å². The fourth-order valence-corrected chi connectivity index (χ4v) is 3.02. The van der Waals surface area contributed by atoms with Crippen LogP contribution in [0.15, 0.2) is 18.2 Å². The van der Waals surface area contributed by atoms with Crippen LogP contribution in [0.25, 0.3) is 0 Å². The number of anilines is 1. The summed E-state index contributed by atoms with van der Waals surface area (Å²) >= 11 is 7.11. The van der Waals surface area contributed by atoms with Crippen molar-refractivity contribution in [1.29, 1.82) is 5.26 Å². The van der Waals surface area contributed by atoms with E-state index in [9.17, 15) is 0 Å². The van der Waals surface area contributed by atoms with Crippen LogP contribution in [0.5, 0.6) is 0 Å². The molecule has 1 aromatic carbocycles. The molecule has 0 fully saturated rings. The van der Waals surface area contributed by atoms with Gasteiger partial charge >= 0.3 is 0 Å². The van der Waals surface area contributed by atoms with Crippen molar-refractivity contribution in [3.05, 3.63) is 44.9 Å². The summed E-state index contributed by atoms with van der Waals surface area (Å²) < 4.78 is 0. The molecule has 1 aliphatic rings. The lowest BCUT2D eigenvalue weighted by Gasteiger charge is -2.05. The molecular formula is C13H11ClN4S. The van der Waals surface area contributed by atoms with Gasteiger partial charge < -0.3 is 10.6 Å². The Morgan fingerprint density at radius 3 is 3.05 bits per heavy atom. The van der Waals surface area contributed by atoms with Gasteiger partial charge in [0.2, 0.25) is 0 Å². The van der Waals surface area contributed by atoms with E-state index < -0.39 is 0 Å². The molecule has 0 saturated carbocycles. The van der Waals surface area contributed by atoms with Crippen LogP contribution < -0.4 is 10.6 Å². The summed E-state index contributed by atoms with van der Waals surface area (Å²) in [5.74, 6) is 0. The van der Waals surface area contributed by atoms with Gasteiger partial charge in [-0.3, -0.25) is 0 Å². The van der Waals surface area contributed by atoms with Crippen molar-refractivity contribution in [2.75, 3.05) is 5.32 Å². The van der Waals surface area contributed by atoms with Gasteiger partial charge in [0.25, 0.3) is 0 Å². The largest absolute Gasteiger partial charge is 0.357 e. The summed E-state index contributed by atoms with van der Waals surface area (Å²) in [6.45, 7) is 2.57. The van der Waals surface area contributed by atoms with Gasteiger partial charge in [0.1, 0.15) is 10.9 Å². The normalized spacial score (nSPS) is 13.1. The van der Waals surface area contributed by atoms with Gasteiger partial charge in [-0.05, 0) is 16.7 Å². The van der Waals surface area contributed by atoms with Crippen LogP contribution in [0.4, 0.5) is 5.13 Å². The maximum atomic E-state index is 8.82. The number of benzene rings is 1. The zero-order chi connectivity index (χ0) is 13.2. The van der Waals surface area contributed by atoms with Crippen molar-refractivity contribution in [2.24, 2.45) is 0 Å². The lowest BCUT2D eigenvalue weighted by Crippen LogP contribution is -2.00. The summed E-state index contributed by atoms with van der Waals surface area (Å²) in [6.07, 6.45) is 0. The van der Waals surface area contributed by atoms with Gasteiger partial charge in [-0.25, -0.2) is 4.98 Å². The maximum absolute atomic E-state index is 8.82. The molecule has 0 saturated heterocycles. The summed E-state index contributed by atoms with van der Waals surface area (Å²) in [4.78, 5) is 4.55. The molecule has 3 rings (SSSR count). The number of thiazole rings is 1. The third kappa shape index (κ3) is 2.56. The van der Waals surface area contributed by atoms with E-state index in [1.807, 2.05) is 6.07 Å². The molecule has 0 atom stereocenters. The number of rotatable bonds is 3. The lowest BCUT2D eigenvalue weighted by molar-refractivity contribution is 0.764. The Kier molecular flexibility index (Phi) is 3.38. The minimum absolute atomic E-state index is 0.271. The Hall–Kier alpha value is -1.61. The molecule has 19 heavy (non-hydrogen) atoms. The van der Waals surface area contributed by atoms with Gasteiger partial charge in [0.15, 0.2) is 10.3 Å². The second kappa shape index (κ2) is 5.17. The Morgan fingerprint density at radius 2 is 2.26 bits per heavy atom. The first-order valence-electron chi connectivity index (χ1n) is 5.88. The highest BCUT2D eigenvalue weighted by Crippen LogP contribution is 2.26. The summed E-state index contributed by atoms with van der Waals surface area (Å²) in [5, 5.41) is 16.3. The third-order valence-electron chi connectivity index (χ3n) is 3.03. The number of aromatic nitrogens is 1. The first kappa shape index (κ1) is 12.4. The van der Waals surface area contributed by atoms with Crippen LogP contribution in [-0.4, -0.2) is 4.98 Å². The molecule has 1 aliphatic heterocycles. The van der Waals surface area contributed by atoms with Crippen LogP contribution in [0.2, 0.25) is 5.15 Å². The molecule has 0 aliphatic carbocycles. The minimum atomic E-state index is 0.271. The topological polar surface area (TPSA) is 60.7 Å². The number of nitrogens with zero attached hydrogens (tertiary/aromatic N) is 2. The molecule has 0 radical (unpaired) electrons. The van der Waals surface area contributed by atoms with E-state index in [0.717, 1.165) is 13.1 Å². The number of hydrogen-bond acceptors (Lipinski definition) is 5. The molecule has 0 bridgehead atoms. The average Bonchev–Trinajstić information content (AvgIpc) is 3.01. The number of hydrogen-bond donors (Lipinski definition) is 2. The van der Waals surface area contributed by atoms with Crippen molar-refractivity contribution < 1.29 is 0 Å². The SMILES string of the molecule is N#Cc1sc(NCc2ccc3c(c2)CNC3)nc1Cl. The first-order valence-corrected chi connectivity index (χ1v) is 7.07. The standard InChI is InChI=1S/C13H11ClN4S/c14-12-11(4-15)19-13(18-12)17-5-8-1-2-9-6-16-7-10(9)3-8/h1-3,16H,5-7H2,(H,17,18). The molecule has 0 unspecified atom stereocenters. The van der Waals surface area contributed by atoms with Gasteiger partial charge in [0.05, 0.1) is 0 Å². The molecule has 1 aromatic heterocycles.